The van der Waals surface area contributed by atoms with Gasteiger partial charge in [-0.2, -0.15) is 0 Å². The average molecular weight is 396 g/mol. The van der Waals surface area contributed by atoms with Crippen LogP contribution >= 0.6 is 0 Å². The maximum absolute atomic E-state index is 10.5. The van der Waals surface area contributed by atoms with Gasteiger partial charge in [0.15, 0.2) is 6.29 Å². The third kappa shape index (κ3) is 3.88. The highest BCUT2D eigenvalue weighted by Gasteiger charge is 2.21. The minimum Gasteiger partial charge on any atom is -0.378 e. The number of nitrogens with zero attached hydrogens (tertiary/aromatic N) is 3. The quantitative estimate of drug-likeness (QED) is 0.670. The van der Waals surface area contributed by atoms with Crippen molar-refractivity contribution in [2.45, 2.75) is 33.6 Å². The number of aliphatic hydroxyl groups excluding tert-OH is 1. The molecule has 6 nitrogen and oxygen atoms in total. The highest BCUT2D eigenvalue weighted by Crippen LogP contribution is 2.32. The Kier molecular flexibility index (Phi) is 5.58. The molecule has 3 aromatic rings. The van der Waals surface area contributed by atoms with Gasteiger partial charge in [-0.05, 0) is 49.6 Å². The summed E-state index contributed by atoms with van der Waals surface area (Å²) in [6.45, 7) is 10.1. The van der Waals surface area contributed by atoms with E-state index in [1.165, 1.54) is 23.8 Å². The Bertz CT molecular complexity index is 1020. The van der Waals surface area contributed by atoms with Crippen LogP contribution in [0.2, 0.25) is 0 Å². The van der Waals surface area contributed by atoms with E-state index in [4.69, 9.17) is 14.5 Å². The van der Waals surface area contributed by atoms with Crippen LogP contribution in [-0.2, 0) is 16.0 Å². The van der Waals surface area contributed by atoms with Crippen molar-refractivity contribution in [2.75, 3.05) is 38.3 Å². The average Bonchev–Trinajstić information content (AvgIpc) is 3.05. The van der Waals surface area contributed by atoms with Crippen LogP contribution in [0.5, 0.6) is 0 Å². The smallest absolute Gasteiger partial charge is 0.183 e. The molecule has 1 aromatic heterocycles. The Morgan fingerprint density at radius 2 is 1.86 bits per heavy atom. The molecule has 0 spiro atoms. The van der Waals surface area contributed by atoms with Gasteiger partial charge in [0.2, 0.25) is 0 Å². The van der Waals surface area contributed by atoms with Gasteiger partial charge in [-0.1, -0.05) is 18.2 Å². The summed E-state index contributed by atoms with van der Waals surface area (Å²) in [4.78, 5) is 7.07. The summed E-state index contributed by atoms with van der Waals surface area (Å²) >= 11 is 0. The molecule has 4 rings (SSSR count). The predicted octanol–water partition coefficient (Wildman–Crippen LogP) is 3.48. The molecule has 0 radical (unpaired) electrons. The number of morpholine rings is 1. The highest BCUT2D eigenvalue weighted by molar-refractivity contribution is 5.84. The Labute approximate surface area is 171 Å². The summed E-state index contributed by atoms with van der Waals surface area (Å²) in [5, 5.41) is 10.5. The molecule has 1 aliphatic heterocycles. The molecule has 6 heteroatoms. The third-order valence-corrected chi connectivity index (χ3v) is 5.84. The first-order valence-electron chi connectivity index (χ1n) is 10.1. The number of hydrogen-bond acceptors (Lipinski definition) is 5. The van der Waals surface area contributed by atoms with Gasteiger partial charge in [0.1, 0.15) is 5.82 Å². The van der Waals surface area contributed by atoms with E-state index in [-0.39, 0.29) is 0 Å². The lowest BCUT2D eigenvalue weighted by molar-refractivity contribution is -0.0759. The first kappa shape index (κ1) is 19.9. The number of fused-ring (bicyclic) bond motifs is 1. The van der Waals surface area contributed by atoms with Crippen LogP contribution in [0, 0.1) is 20.8 Å². The number of aromatic nitrogens is 2. The molecular weight excluding hydrogens is 366 g/mol. The number of aryl methyl sites for hydroxylation is 3. The van der Waals surface area contributed by atoms with E-state index in [2.05, 4.69) is 47.6 Å². The van der Waals surface area contributed by atoms with Crippen molar-refractivity contribution < 1.29 is 14.6 Å². The fourth-order valence-electron chi connectivity index (χ4n) is 3.95. The molecule has 154 valence electrons. The zero-order chi connectivity index (χ0) is 20.5. The first-order chi connectivity index (χ1) is 14.0. The van der Waals surface area contributed by atoms with E-state index in [9.17, 15) is 5.11 Å². The molecule has 1 fully saturated rings. The van der Waals surface area contributed by atoms with E-state index in [1.54, 1.807) is 0 Å². The number of methoxy groups -OCH3 is 1. The van der Waals surface area contributed by atoms with Gasteiger partial charge in [0.05, 0.1) is 24.2 Å². The van der Waals surface area contributed by atoms with Crippen molar-refractivity contribution in [3.05, 3.63) is 58.4 Å². The van der Waals surface area contributed by atoms with Crippen molar-refractivity contribution in [1.29, 1.82) is 0 Å². The molecule has 2 heterocycles. The van der Waals surface area contributed by atoms with Gasteiger partial charge >= 0.3 is 0 Å². The monoisotopic (exact) mass is 395 g/mol. The molecule has 1 N–H and O–H groups in total. The standard InChI is InChI=1S/C23H29N3O3/c1-15-5-6-18(11-16(15)2)14-26-17(3)24-22-20(23(27)28-4)12-19(13-21(22)26)25-7-9-29-10-8-25/h5-6,11-13,23,27H,7-10,14H2,1-4H3. The van der Waals surface area contributed by atoms with E-state index in [0.29, 0.717) is 18.8 Å². The molecular formula is C23H29N3O3. The predicted molar refractivity (Wildman–Crippen MR) is 114 cm³/mol. The molecule has 2 aromatic carbocycles. The van der Waals surface area contributed by atoms with Gasteiger partial charge in [-0.25, -0.2) is 4.98 Å². The molecule has 0 amide bonds. The Hall–Kier alpha value is -2.41. The molecule has 1 unspecified atom stereocenters. The minimum absolute atomic E-state index is 0.702. The lowest BCUT2D eigenvalue weighted by Crippen LogP contribution is -2.36. The second kappa shape index (κ2) is 8.14. The fraction of sp³-hybridized carbons (Fsp3) is 0.435. The number of anilines is 1. The summed E-state index contributed by atoms with van der Waals surface area (Å²) in [5.41, 5.74) is 7.38. The number of hydrogen-bond donors (Lipinski definition) is 1. The zero-order valence-corrected chi connectivity index (χ0v) is 17.6. The van der Waals surface area contributed by atoms with Crippen LogP contribution < -0.4 is 4.90 Å². The van der Waals surface area contributed by atoms with E-state index >= 15 is 0 Å². The normalized spacial score (nSPS) is 15.8. The van der Waals surface area contributed by atoms with Crippen LogP contribution in [0.3, 0.4) is 0 Å². The molecule has 29 heavy (non-hydrogen) atoms. The van der Waals surface area contributed by atoms with Crippen LogP contribution in [0.1, 0.15) is 34.4 Å². The summed E-state index contributed by atoms with van der Waals surface area (Å²) in [6, 6.07) is 10.7. The third-order valence-electron chi connectivity index (χ3n) is 5.84. The van der Waals surface area contributed by atoms with Gasteiger partial charge in [0.25, 0.3) is 0 Å². The summed E-state index contributed by atoms with van der Waals surface area (Å²) in [7, 11) is 1.51. The number of ether oxygens (including phenoxy) is 2. The fourth-order valence-corrected chi connectivity index (χ4v) is 3.95. The molecule has 1 saturated heterocycles. The van der Waals surface area contributed by atoms with Crippen molar-refractivity contribution in [3.63, 3.8) is 0 Å². The largest absolute Gasteiger partial charge is 0.378 e. The first-order valence-corrected chi connectivity index (χ1v) is 10.1. The second-order valence-corrected chi connectivity index (χ2v) is 7.75. The van der Waals surface area contributed by atoms with Gasteiger partial charge in [0, 0.05) is 38.0 Å². The topological polar surface area (TPSA) is 59.8 Å². The Morgan fingerprint density at radius 1 is 1.10 bits per heavy atom. The number of imidazole rings is 1. The zero-order valence-electron chi connectivity index (χ0n) is 17.6. The van der Waals surface area contributed by atoms with Crippen LogP contribution in [0.25, 0.3) is 11.0 Å². The van der Waals surface area contributed by atoms with Crippen molar-refractivity contribution in [3.8, 4) is 0 Å². The molecule has 0 aliphatic carbocycles. The minimum atomic E-state index is -1.01. The number of rotatable bonds is 5. The second-order valence-electron chi connectivity index (χ2n) is 7.75. The van der Waals surface area contributed by atoms with Gasteiger partial charge in [-0.15, -0.1) is 0 Å². The van der Waals surface area contributed by atoms with Crippen LogP contribution in [-0.4, -0.2) is 48.1 Å². The maximum atomic E-state index is 10.5. The van der Waals surface area contributed by atoms with Crippen LogP contribution in [0.4, 0.5) is 5.69 Å². The van der Waals surface area contributed by atoms with Gasteiger partial charge in [-0.3, -0.25) is 0 Å². The lowest BCUT2D eigenvalue weighted by atomic mass is 10.1. The SMILES string of the molecule is COC(O)c1cc(N2CCOCC2)cc2c1nc(C)n2Cc1ccc(C)c(C)c1. The van der Waals surface area contributed by atoms with Crippen molar-refractivity contribution in [2.24, 2.45) is 0 Å². The molecule has 1 aliphatic rings. The van der Waals surface area contributed by atoms with Gasteiger partial charge < -0.3 is 24.0 Å². The lowest BCUT2D eigenvalue weighted by Gasteiger charge is -2.29. The highest BCUT2D eigenvalue weighted by atomic mass is 16.6. The van der Waals surface area contributed by atoms with E-state index < -0.39 is 6.29 Å². The van der Waals surface area contributed by atoms with E-state index in [0.717, 1.165) is 42.2 Å². The number of aliphatic hydroxyl groups is 1. The molecule has 1 atom stereocenters. The molecule has 0 bridgehead atoms. The summed E-state index contributed by atoms with van der Waals surface area (Å²) < 4.78 is 13.0. The number of benzene rings is 2. The van der Waals surface area contributed by atoms with Crippen LogP contribution in [0.15, 0.2) is 30.3 Å². The summed E-state index contributed by atoms with van der Waals surface area (Å²) in [6.07, 6.45) is -1.01. The Morgan fingerprint density at radius 3 is 2.55 bits per heavy atom. The molecule has 0 saturated carbocycles. The summed E-state index contributed by atoms with van der Waals surface area (Å²) in [5.74, 6) is 0.918. The maximum Gasteiger partial charge on any atom is 0.183 e. The van der Waals surface area contributed by atoms with Crippen molar-refractivity contribution >= 4 is 16.7 Å². The van der Waals surface area contributed by atoms with Crippen molar-refractivity contribution in [1.82, 2.24) is 9.55 Å². The van der Waals surface area contributed by atoms with E-state index in [1.807, 2.05) is 13.0 Å². The Balaban J connectivity index is 1.83.